The lowest BCUT2D eigenvalue weighted by atomic mass is 10.1. The maximum absolute atomic E-state index is 10.5. The Balaban J connectivity index is 2.11. The van der Waals surface area contributed by atoms with E-state index >= 15 is 0 Å². The summed E-state index contributed by atoms with van der Waals surface area (Å²) in [5.74, 6) is -0.363. The first-order valence-electron chi connectivity index (χ1n) is 6.23. The average molecular weight is 288 g/mol. The molecule has 0 saturated carbocycles. The van der Waals surface area contributed by atoms with Gasteiger partial charge in [0.25, 0.3) is 0 Å². The molecule has 104 valence electrons. The van der Waals surface area contributed by atoms with Gasteiger partial charge in [-0.1, -0.05) is 12.1 Å². The SMILES string of the molecule is Cc1cc(C=Cc2sccc2C)ccc1OCC(=O)O. The fourth-order valence-corrected chi connectivity index (χ4v) is 2.62. The molecule has 0 saturated heterocycles. The molecule has 1 heterocycles. The number of carboxylic acid groups (broad SMARTS) is 1. The number of hydrogen-bond acceptors (Lipinski definition) is 3. The van der Waals surface area contributed by atoms with Gasteiger partial charge in [-0.15, -0.1) is 11.3 Å². The van der Waals surface area contributed by atoms with E-state index in [2.05, 4.69) is 24.4 Å². The second-order valence-electron chi connectivity index (χ2n) is 4.51. The first-order chi connectivity index (χ1) is 9.56. The molecule has 0 unspecified atom stereocenters. The minimum atomic E-state index is -0.971. The normalized spacial score (nSPS) is 10.9. The lowest BCUT2D eigenvalue weighted by Crippen LogP contribution is -2.10. The van der Waals surface area contributed by atoms with Crippen molar-refractivity contribution in [2.24, 2.45) is 0 Å². The highest BCUT2D eigenvalue weighted by atomic mass is 32.1. The third-order valence-corrected chi connectivity index (χ3v) is 3.86. The quantitative estimate of drug-likeness (QED) is 0.904. The summed E-state index contributed by atoms with van der Waals surface area (Å²) in [6.07, 6.45) is 4.14. The Labute approximate surface area is 122 Å². The number of hydrogen-bond donors (Lipinski definition) is 1. The van der Waals surface area contributed by atoms with Crippen LogP contribution in [-0.2, 0) is 4.79 Å². The molecule has 0 aliphatic rings. The number of carboxylic acids is 1. The van der Waals surface area contributed by atoms with Crippen LogP contribution in [-0.4, -0.2) is 17.7 Å². The Morgan fingerprint density at radius 1 is 1.25 bits per heavy atom. The van der Waals surface area contributed by atoms with Crippen molar-refractivity contribution in [2.45, 2.75) is 13.8 Å². The molecular weight excluding hydrogens is 272 g/mol. The largest absolute Gasteiger partial charge is 0.482 e. The highest BCUT2D eigenvalue weighted by molar-refractivity contribution is 7.11. The Hall–Kier alpha value is -2.07. The molecule has 3 nitrogen and oxygen atoms in total. The molecule has 0 radical (unpaired) electrons. The van der Waals surface area contributed by atoms with Crippen LogP contribution >= 0.6 is 11.3 Å². The van der Waals surface area contributed by atoms with E-state index in [0.29, 0.717) is 5.75 Å². The van der Waals surface area contributed by atoms with Crippen molar-refractivity contribution in [3.05, 3.63) is 51.2 Å². The van der Waals surface area contributed by atoms with Crippen LogP contribution in [0.2, 0.25) is 0 Å². The van der Waals surface area contributed by atoms with Crippen LogP contribution in [0.3, 0.4) is 0 Å². The molecule has 1 aromatic heterocycles. The Morgan fingerprint density at radius 2 is 2.05 bits per heavy atom. The predicted molar refractivity (Wildman–Crippen MR) is 82.3 cm³/mol. The first-order valence-corrected chi connectivity index (χ1v) is 7.11. The van der Waals surface area contributed by atoms with E-state index in [-0.39, 0.29) is 6.61 Å². The van der Waals surface area contributed by atoms with Crippen molar-refractivity contribution in [2.75, 3.05) is 6.61 Å². The van der Waals surface area contributed by atoms with Crippen LogP contribution in [0.1, 0.15) is 21.6 Å². The maximum Gasteiger partial charge on any atom is 0.341 e. The zero-order valence-corrected chi connectivity index (χ0v) is 12.2. The summed E-state index contributed by atoms with van der Waals surface area (Å²) in [5, 5.41) is 10.7. The average Bonchev–Trinajstić information content (AvgIpc) is 2.80. The fourth-order valence-electron chi connectivity index (χ4n) is 1.80. The molecule has 0 atom stereocenters. The van der Waals surface area contributed by atoms with Crippen LogP contribution < -0.4 is 4.74 Å². The highest BCUT2D eigenvalue weighted by Crippen LogP contribution is 2.22. The third kappa shape index (κ3) is 3.71. The van der Waals surface area contributed by atoms with Crippen LogP contribution in [0.5, 0.6) is 5.75 Å². The molecule has 0 amide bonds. The summed E-state index contributed by atoms with van der Waals surface area (Å²) in [4.78, 5) is 11.7. The van der Waals surface area contributed by atoms with Gasteiger partial charge in [0.15, 0.2) is 6.61 Å². The van der Waals surface area contributed by atoms with E-state index in [1.54, 1.807) is 17.4 Å². The number of benzene rings is 1. The van der Waals surface area contributed by atoms with E-state index in [9.17, 15) is 4.79 Å². The molecule has 4 heteroatoms. The summed E-state index contributed by atoms with van der Waals surface area (Å²) >= 11 is 1.71. The number of aryl methyl sites for hydroxylation is 2. The van der Waals surface area contributed by atoms with Gasteiger partial charge in [-0.2, -0.15) is 0 Å². The van der Waals surface area contributed by atoms with Crippen molar-refractivity contribution in [1.82, 2.24) is 0 Å². The smallest absolute Gasteiger partial charge is 0.341 e. The molecule has 0 bridgehead atoms. The number of rotatable bonds is 5. The van der Waals surface area contributed by atoms with Crippen molar-refractivity contribution in [3.63, 3.8) is 0 Å². The number of ether oxygens (including phenoxy) is 1. The minimum Gasteiger partial charge on any atom is -0.482 e. The molecule has 2 aromatic rings. The van der Waals surface area contributed by atoms with E-state index in [1.165, 1.54) is 10.4 Å². The van der Waals surface area contributed by atoms with Crippen LogP contribution in [0.25, 0.3) is 12.2 Å². The van der Waals surface area contributed by atoms with Gasteiger partial charge in [-0.3, -0.25) is 0 Å². The van der Waals surface area contributed by atoms with Gasteiger partial charge in [0.05, 0.1) is 0 Å². The van der Waals surface area contributed by atoms with Gasteiger partial charge >= 0.3 is 5.97 Å². The van der Waals surface area contributed by atoms with Gasteiger partial charge in [-0.05, 0) is 60.2 Å². The monoisotopic (exact) mass is 288 g/mol. The molecule has 20 heavy (non-hydrogen) atoms. The molecule has 1 N–H and O–H groups in total. The van der Waals surface area contributed by atoms with E-state index < -0.39 is 5.97 Å². The van der Waals surface area contributed by atoms with Gasteiger partial charge in [-0.25, -0.2) is 4.79 Å². The lowest BCUT2D eigenvalue weighted by Gasteiger charge is -2.07. The topological polar surface area (TPSA) is 46.5 Å². The Bertz CT molecular complexity index is 641. The van der Waals surface area contributed by atoms with E-state index in [1.807, 2.05) is 25.1 Å². The standard InChI is InChI=1S/C16H16O3S/c1-11-7-8-20-15(11)6-4-13-3-5-14(12(2)9-13)19-10-16(17)18/h3-9H,10H2,1-2H3,(H,17,18). The predicted octanol–water partition coefficient (Wildman–Crippen LogP) is 4.00. The summed E-state index contributed by atoms with van der Waals surface area (Å²) in [7, 11) is 0. The zero-order valence-electron chi connectivity index (χ0n) is 11.4. The van der Waals surface area contributed by atoms with Crippen molar-refractivity contribution in [1.29, 1.82) is 0 Å². The first kappa shape index (κ1) is 14.3. The lowest BCUT2D eigenvalue weighted by molar-refractivity contribution is -0.139. The second-order valence-corrected chi connectivity index (χ2v) is 5.46. The van der Waals surface area contributed by atoms with Crippen LogP contribution in [0.15, 0.2) is 29.6 Å². The van der Waals surface area contributed by atoms with Gasteiger partial charge < -0.3 is 9.84 Å². The Kier molecular flexibility index (Phi) is 4.58. The molecule has 0 fully saturated rings. The van der Waals surface area contributed by atoms with Crippen LogP contribution in [0, 0.1) is 13.8 Å². The third-order valence-electron chi connectivity index (χ3n) is 2.88. The minimum absolute atomic E-state index is 0.315. The highest BCUT2D eigenvalue weighted by Gasteiger charge is 2.03. The fraction of sp³-hybridized carbons (Fsp3) is 0.188. The van der Waals surface area contributed by atoms with Gasteiger partial charge in [0.1, 0.15) is 5.75 Å². The van der Waals surface area contributed by atoms with Crippen molar-refractivity contribution in [3.8, 4) is 5.75 Å². The molecule has 0 spiro atoms. The Morgan fingerprint density at radius 3 is 2.65 bits per heavy atom. The van der Waals surface area contributed by atoms with E-state index in [4.69, 9.17) is 9.84 Å². The summed E-state index contributed by atoms with van der Waals surface area (Å²) in [6, 6.07) is 7.80. The van der Waals surface area contributed by atoms with Crippen LogP contribution in [0.4, 0.5) is 0 Å². The maximum atomic E-state index is 10.5. The number of thiophene rings is 1. The van der Waals surface area contributed by atoms with Crippen molar-refractivity contribution >= 4 is 29.5 Å². The zero-order chi connectivity index (χ0) is 14.5. The van der Waals surface area contributed by atoms with Gasteiger partial charge in [0.2, 0.25) is 0 Å². The summed E-state index contributed by atoms with van der Waals surface area (Å²) in [5.41, 5.74) is 3.26. The second kappa shape index (κ2) is 6.39. The molecule has 0 aliphatic carbocycles. The summed E-state index contributed by atoms with van der Waals surface area (Å²) < 4.78 is 5.20. The molecular formula is C16H16O3S. The molecule has 2 rings (SSSR count). The van der Waals surface area contributed by atoms with Crippen molar-refractivity contribution < 1.29 is 14.6 Å². The molecule has 0 aliphatic heterocycles. The molecule has 1 aromatic carbocycles. The van der Waals surface area contributed by atoms with Gasteiger partial charge in [0, 0.05) is 4.88 Å². The van der Waals surface area contributed by atoms with E-state index in [0.717, 1.165) is 11.1 Å². The number of aliphatic carboxylic acids is 1. The summed E-state index contributed by atoms with van der Waals surface area (Å²) in [6.45, 7) is 3.68. The number of carbonyl (C=O) groups is 1.